The van der Waals surface area contributed by atoms with Gasteiger partial charge in [-0.1, -0.05) is 23.8 Å². The minimum atomic E-state index is -0.221. The average molecular weight is 427 g/mol. The Hall–Kier alpha value is -3.13. The summed E-state index contributed by atoms with van der Waals surface area (Å²) < 4.78 is 12.8. The van der Waals surface area contributed by atoms with Gasteiger partial charge in [-0.15, -0.1) is 0 Å². The van der Waals surface area contributed by atoms with Crippen LogP contribution >= 0.6 is 12.2 Å². The van der Waals surface area contributed by atoms with Gasteiger partial charge in [0.2, 0.25) is 5.91 Å². The van der Waals surface area contributed by atoms with Crippen molar-refractivity contribution in [3.05, 3.63) is 57.9 Å². The lowest BCUT2D eigenvalue weighted by Gasteiger charge is -2.19. The number of hydrogen-bond donors (Lipinski definition) is 2. The van der Waals surface area contributed by atoms with Crippen LogP contribution in [-0.4, -0.2) is 34.9 Å². The number of carbonyl (C=O) groups is 1. The fourth-order valence-corrected chi connectivity index (χ4v) is 3.64. The minimum absolute atomic E-state index is 0.0648. The lowest BCUT2D eigenvalue weighted by molar-refractivity contribution is -0.122. The molecule has 2 aromatic carbocycles. The molecule has 0 aliphatic rings. The van der Waals surface area contributed by atoms with Gasteiger partial charge in [0.05, 0.1) is 20.3 Å². The Labute approximate surface area is 181 Å². The summed E-state index contributed by atoms with van der Waals surface area (Å²) in [4.78, 5) is 12.8. The number of hydrogen-bond acceptors (Lipinski definition) is 5. The number of amides is 1. The van der Waals surface area contributed by atoms with Crippen LogP contribution in [-0.2, 0) is 11.3 Å². The fourth-order valence-electron chi connectivity index (χ4n) is 3.44. The number of carbonyl (C=O) groups excluding carboxylic acids is 1. The summed E-state index contributed by atoms with van der Waals surface area (Å²) in [7, 11) is 3.19. The summed E-state index contributed by atoms with van der Waals surface area (Å²) in [6.07, 6.45) is 0. The first-order valence-electron chi connectivity index (χ1n) is 9.58. The molecule has 0 saturated heterocycles. The van der Waals surface area contributed by atoms with Crippen LogP contribution in [0.2, 0.25) is 0 Å². The van der Waals surface area contributed by atoms with Crippen molar-refractivity contribution in [3.8, 4) is 22.9 Å². The van der Waals surface area contributed by atoms with Crippen molar-refractivity contribution in [1.29, 1.82) is 0 Å². The first-order valence-corrected chi connectivity index (χ1v) is 9.99. The van der Waals surface area contributed by atoms with Crippen LogP contribution in [0.5, 0.6) is 11.5 Å². The molecule has 1 unspecified atom stereocenters. The first-order chi connectivity index (χ1) is 14.3. The third-order valence-electron chi connectivity index (χ3n) is 4.95. The Morgan fingerprint density at radius 3 is 2.57 bits per heavy atom. The van der Waals surface area contributed by atoms with E-state index in [4.69, 9.17) is 21.7 Å². The number of ether oxygens (including phenoxy) is 2. The summed E-state index contributed by atoms with van der Waals surface area (Å²) >= 11 is 5.35. The molecule has 0 fully saturated rings. The van der Waals surface area contributed by atoms with Gasteiger partial charge < -0.3 is 14.8 Å². The van der Waals surface area contributed by atoms with E-state index in [0.717, 1.165) is 22.3 Å². The van der Waals surface area contributed by atoms with Crippen LogP contribution < -0.4 is 14.8 Å². The van der Waals surface area contributed by atoms with E-state index in [1.807, 2.05) is 57.2 Å². The molecular formula is C22H26N4O3S. The third kappa shape index (κ3) is 4.54. The summed E-state index contributed by atoms with van der Waals surface area (Å²) in [5.41, 5.74) is 3.96. The Morgan fingerprint density at radius 2 is 1.90 bits per heavy atom. The van der Waals surface area contributed by atoms with Crippen molar-refractivity contribution < 1.29 is 14.3 Å². The minimum Gasteiger partial charge on any atom is -0.493 e. The monoisotopic (exact) mass is 426 g/mol. The highest BCUT2D eigenvalue weighted by atomic mass is 32.1. The summed E-state index contributed by atoms with van der Waals surface area (Å²) in [6, 6.07) is 11.5. The van der Waals surface area contributed by atoms with E-state index in [2.05, 4.69) is 15.5 Å². The average Bonchev–Trinajstić information content (AvgIpc) is 3.07. The van der Waals surface area contributed by atoms with Crippen LogP contribution in [0.25, 0.3) is 11.4 Å². The fraction of sp³-hybridized carbons (Fsp3) is 0.318. The highest BCUT2D eigenvalue weighted by Gasteiger charge is 2.18. The lowest BCUT2D eigenvalue weighted by atomic mass is 10.0. The van der Waals surface area contributed by atoms with Gasteiger partial charge in [-0.2, -0.15) is 5.10 Å². The van der Waals surface area contributed by atoms with E-state index < -0.39 is 0 Å². The van der Waals surface area contributed by atoms with E-state index in [1.165, 1.54) is 0 Å². The zero-order valence-corrected chi connectivity index (χ0v) is 18.6. The summed E-state index contributed by atoms with van der Waals surface area (Å²) in [5.74, 6) is 1.75. The molecule has 3 rings (SSSR count). The molecule has 2 N–H and O–H groups in total. The predicted molar refractivity (Wildman–Crippen MR) is 118 cm³/mol. The molecule has 0 aliphatic carbocycles. The highest BCUT2D eigenvalue weighted by Crippen LogP contribution is 2.32. The zero-order chi connectivity index (χ0) is 21.8. The maximum atomic E-state index is 12.8. The number of nitrogens with zero attached hydrogens (tertiary/aromatic N) is 2. The van der Waals surface area contributed by atoms with Crippen LogP contribution in [0, 0.1) is 18.6 Å². The van der Waals surface area contributed by atoms with E-state index in [1.54, 1.807) is 18.8 Å². The highest BCUT2D eigenvalue weighted by molar-refractivity contribution is 7.71. The molecule has 1 aromatic heterocycles. The molecule has 0 bridgehead atoms. The molecule has 158 valence electrons. The molecule has 0 spiro atoms. The number of rotatable bonds is 7. The Balaban J connectivity index is 1.80. The number of aromatic amines is 1. The Morgan fingerprint density at radius 1 is 1.20 bits per heavy atom. The summed E-state index contributed by atoms with van der Waals surface area (Å²) in [6.45, 7) is 5.98. The van der Waals surface area contributed by atoms with E-state index in [9.17, 15) is 4.79 Å². The number of methoxy groups -OCH3 is 2. The lowest BCUT2D eigenvalue weighted by Crippen LogP contribution is -2.30. The number of aryl methyl sites for hydroxylation is 2. The molecule has 1 atom stereocenters. The second-order valence-electron chi connectivity index (χ2n) is 7.16. The second-order valence-corrected chi connectivity index (χ2v) is 7.55. The number of aromatic nitrogens is 3. The standard InChI is InChI=1S/C22H26N4O3S/c1-13-7-6-8-16(9-13)21-24-25-22(30)26(21)12-20(27)23-15(3)17-11-19(29-5)18(28-4)10-14(17)2/h6-11,15H,12H2,1-5H3,(H,23,27)(H,25,30). The molecule has 0 saturated carbocycles. The maximum absolute atomic E-state index is 12.8. The molecule has 8 heteroatoms. The van der Waals surface area contributed by atoms with E-state index >= 15 is 0 Å². The van der Waals surface area contributed by atoms with Gasteiger partial charge in [-0.25, -0.2) is 0 Å². The van der Waals surface area contributed by atoms with Gasteiger partial charge in [-0.3, -0.25) is 14.5 Å². The van der Waals surface area contributed by atoms with Crippen molar-refractivity contribution in [3.63, 3.8) is 0 Å². The van der Waals surface area contributed by atoms with Crippen LogP contribution in [0.4, 0.5) is 0 Å². The van der Waals surface area contributed by atoms with Gasteiger partial charge in [0, 0.05) is 5.56 Å². The Kier molecular flexibility index (Phi) is 6.56. The van der Waals surface area contributed by atoms with Gasteiger partial charge in [0.25, 0.3) is 0 Å². The number of nitrogens with one attached hydrogen (secondary N) is 2. The van der Waals surface area contributed by atoms with Gasteiger partial charge in [0.15, 0.2) is 22.1 Å². The van der Waals surface area contributed by atoms with Crippen LogP contribution in [0.15, 0.2) is 36.4 Å². The number of benzene rings is 2. The quantitative estimate of drug-likeness (QED) is 0.556. The summed E-state index contributed by atoms with van der Waals surface area (Å²) in [5, 5.41) is 10.1. The maximum Gasteiger partial charge on any atom is 0.240 e. The molecular weight excluding hydrogens is 400 g/mol. The second kappa shape index (κ2) is 9.13. The van der Waals surface area contributed by atoms with Gasteiger partial charge in [-0.05, 0) is 62.3 Å². The molecule has 30 heavy (non-hydrogen) atoms. The Bertz CT molecular complexity index is 1120. The largest absolute Gasteiger partial charge is 0.493 e. The van der Waals surface area contributed by atoms with Gasteiger partial charge >= 0.3 is 0 Å². The van der Waals surface area contributed by atoms with Crippen molar-refractivity contribution in [2.24, 2.45) is 0 Å². The third-order valence-corrected chi connectivity index (χ3v) is 5.26. The first kappa shape index (κ1) is 21.6. The topological polar surface area (TPSA) is 81.2 Å². The van der Waals surface area contributed by atoms with Gasteiger partial charge in [0.1, 0.15) is 6.54 Å². The molecule has 1 heterocycles. The smallest absolute Gasteiger partial charge is 0.240 e. The van der Waals surface area contributed by atoms with Crippen molar-refractivity contribution >= 4 is 18.1 Å². The molecule has 1 amide bonds. The molecule has 3 aromatic rings. The SMILES string of the molecule is COc1cc(C)c(C(C)NC(=O)Cn2c(-c3cccc(C)c3)n[nH]c2=S)cc1OC. The van der Waals surface area contributed by atoms with Crippen molar-refractivity contribution in [2.45, 2.75) is 33.4 Å². The van der Waals surface area contributed by atoms with E-state index in [-0.39, 0.29) is 18.5 Å². The molecule has 0 radical (unpaired) electrons. The zero-order valence-electron chi connectivity index (χ0n) is 17.8. The predicted octanol–water partition coefficient (Wildman–Crippen LogP) is 4.12. The number of H-pyrrole nitrogens is 1. The normalized spacial score (nSPS) is 11.8. The van der Waals surface area contributed by atoms with Crippen molar-refractivity contribution in [1.82, 2.24) is 20.1 Å². The van der Waals surface area contributed by atoms with Crippen LogP contribution in [0.1, 0.15) is 29.7 Å². The van der Waals surface area contributed by atoms with Crippen molar-refractivity contribution in [2.75, 3.05) is 14.2 Å². The molecule has 7 nitrogen and oxygen atoms in total. The van der Waals surface area contributed by atoms with Crippen LogP contribution in [0.3, 0.4) is 0 Å². The molecule has 0 aliphatic heterocycles. The van der Waals surface area contributed by atoms with E-state index in [0.29, 0.717) is 22.1 Å².